The maximum absolute atomic E-state index is 6.03. The number of hydrogen-bond acceptors (Lipinski definition) is 4. The monoisotopic (exact) mass is 289 g/mol. The van der Waals surface area contributed by atoms with E-state index in [0.29, 0.717) is 13.2 Å². The summed E-state index contributed by atoms with van der Waals surface area (Å²) in [6.45, 7) is 6.78. The van der Waals surface area contributed by atoms with Gasteiger partial charge in [0, 0.05) is 18.7 Å². The van der Waals surface area contributed by atoms with Gasteiger partial charge in [-0.05, 0) is 27.0 Å². The number of nitrogens with zero attached hydrogens (tertiary/aromatic N) is 2. The van der Waals surface area contributed by atoms with Crippen molar-refractivity contribution in [1.82, 2.24) is 14.9 Å². The van der Waals surface area contributed by atoms with E-state index in [1.807, 2.05) is 44.7 Å². The summed E-state index contributed by atoms with van der Waals surface area (Å²) in [5.41, 5.74) is 2.14. The second kappa shape index (κ2) is 7.69. The molecular formula is C16H23N3O2. The summed E-state index contributed by atoms with van der Waals surface area (Å²) in [5.74, 6) is 1.59. The predicted octanol–water partition coefficient (Wildman–Crippen LogP) is 2.60. The van der Waals surface area contributed by atoms with Crippen molar-refractivity contribution in [3.05, 3.63) is 42.0 Å². The molecule has 0 saturated carbocycles. The van der Waals surface area contributed by atoms with E-state index in [1.165, 1.54) is 0 Å². The van der Waals surface area contributed by atoms with Crippen molar-refractivity contribution in [2.24, 2.45) is 0 Å². The van der Waals surface area contributed by atoms with Crippen LogP contribution in [0.2, 0.25) is 0 Å². The lowest BCUT2D eigenvalue weighted by molar-refractivity contribution is 0.260. The molecule has 1 aromatic heterocycles. The van der Waals surface area contributed by atoms with Crippen molar-refractivity contribution in [2.75, 3.05) is 13.7 Å². The first-order chi connectivity index (χ1) is 10.3. The summed E-state index contributed by atoms with van der Waals surface area (Å²) in [4.78, 5) is 4.16. The van der Waals surface area contributed by atoms with Gasteiger partial charge in [-0.3, -0.25) is 0 Å². The molecule has 0 bridgehead atoms. The molecule has 0 saturated heterocycles. The first-order valence-corrected chi connectivity index (χ1v) is 7.31. The Kier molecular flexibility index (Phi) is 5.63. The standard InChI is InChI=1S/C16H23N3O2/c1-4-19-12-18-10-14(19)11-21-16-13(9-17-3)7-6-8-15(16)20-5-2/h6-8,10,12,17H,4-5,9,11H2,1-3H3. The third-order valence-electron chi connectivity index (χ3n) is 3.23. The largest absolute Gasteiger partial charge is 0.490 e. The van der Waals surface area contributed by atoms with E-state index in [-0.39, 0.29) is 0 Å². The minimum Gasteiger partial charge on any atom is -0.490 e. The fourth-order valence-electron chi connectivity index (χ4n) is 2.22. The lowest BCUT2D eigenvalue weighted by Crippen LogP contribution is -2.10. The van der Waals surface area contributed by atoms with Gasteiger partial charge in [-0.1, -0.05) is 12.1 Å². The van der Waals surface area contributed by atoms with Crippen molar-refractivity contribution in [3.8, 4) is 11.5 Å². The SMILES string of the molecule is CCOc1cccc(CNC)c1OCc1cncn1CC. The van der Waals surface area contributed by atoms with Crippen molar-refractivity contribution >= 4 is 0 Å². The van der Waals surface area contributed by atoms with Gasteiger partial charge in [0.15, 0.2) is 11.5 Å². The lowest BCUT2D eigenvalue weighted by Gasteiger charge is -2.16. The van der Waals surface area contributed by atoms with Crippen molar-refractivity contribution in [2.45, 2.75) is 33.5 Å². The van der Waals surface area contributed by atoms with Gasteiger partial charge in [-0.15, -0.1) is 0 Å². The zero-order chi connectivity index (χ0) is 15.1. The number of para-hydroxylation sites is 1. The van der Waals surface area contributed by atoms with Crippen LogP contribution in [0.25, 0.3) is 0 Å². The van der Waals surface area contributed by atoms with E-state index in [2.05, 4.69) is 21.8 Å². The second-order valence-electron chi connectivity index (χ2n) is 4.67. The fraction of sp³-hybridized carbons (Fsp3) is 0.438. The predicted molar refractivity (Wildman–Crippen MR) is 82.6 cm³/mol. The molecular weight excluding hydrogens is 266 g/mol. The minimum atomic E-state index is 0.481. The van der Waals surface area contributed by atoms with Crippen LogP contribution in [0.5, 0.6) is 11.5 Å². The number of hydrogen-bond donors (Lipinski definition) is 1. The maximum Gasteiger partial charge on any atom is 0.166 e. The summed E-state index contributed by atoms with van der Waals surface area (Å²) in [6, 6.07) is 5.97. The lowest BCUT2D eigenvalue weighted by atomic mass is 10.2. The molecule has 1 heterocycles. The molecule has 5 heteroatoms. The van der Waals surface area contributed by atoms with Gasteiger partial charge in [-0.2, -0.15) is 0 Å². The Morgan fingerprint density at radius 1 is 1.24 bits per heavy atom. The second-order valence-corrected chi connectivity index (χ2v) is 4.67. The van der Waals surface area contributed by atoms with E-state index in [9.17, 15) is 0 Å². The Morgan fingerprint density at radius 3 is 2.81 bits per heavy atom. The Labute approximate surface area is 125 Å². The molecule has 2 rings (SSSR count). The van der Waals surface area contributed by atoms with Gasteiger partial charge in [0.25, 0.3) is 0 Å². The third kappa shape index (κ3) is 3.76. The van der Waals surface area contributed by atoms with Crippen LogP contribution >= 0.6 is 0 Å². The quantitative estimate of drug-likeness (QED) is 0.811. The summed E-state index contributed by atoms with van der Waals surface area (Å²) in [5, 5.41) is 3.16. The normalized spacial score (nSPS) is 10.6. The Balaban J connectivity index is 2.20. The average molecular weight is 289 g/mol. The number of ether oxygens (including phenoxy) is 2. The Hall–Kier alpha value is -2.01. The molecule has 0 fully saturated rings. The first kappa shape index (κ1) is 15.4. The molecule has 2 aromatic rings. The van der Waals surface area contributed by atoms with Crippen LogP contribution in [0.15, 0.2) is 30.7 Å². The molecule has 0 aliphatic rings. The number of aryl methyl sites for hydroxylation is 1. The molecule has 0 amide bonds. The maximum atomic E-state index is 6.03. The highest BCUT2D eigenvalue weighted by atomic mass is 16.5. The summed E-state index contributed by atoms with van der Waals surface area (Å²) < 4.78 is 13.8. The molecule has 1 aromatic carbocycles. The van der Waals surface area contributed by atoms with Gasteiger partial charge in [0.05, 0.1) is 24.8 Å². The molecule has 0 atom stereocenters. The molecule has 0 radical (unpaired) electrons. The third-order valence-corrected chi connectivity index (χ3v) is 3.23. The van der Waals surface area contributed by atoms with E-state index in [0.717, 1.165) is 35.8 Å². The molecule has 114 valence electrons. The molecule has 0 aliphatic heterocycles. The molecule has 5 nitrogen and oxygen atoms in total. The van der Waals surface area contributed by atoms with Crippen molar-refractivity contribution in [3.63, 3.8) is 0 Å². The van der Waals surface area contributed by atoms with E-state index in [4.69, 9.17) is 9.47 Å². The highest BCUT2D eigenvalue weighted by molar-refractivity contribution is 5.46. The molecule has 0 unspecified atom stereocenters. The van der Waals surface area contributed by atoms with Gasteiger partial charge in [0.2, 0.25) is 0 Å². The topological polar surface area (TPSA) is 48.3 Å². The van der Waals surface area contributed by atoms with Gasteiger partial charge in [-0.25, -0.2) is 4.98 Å². The van der Waals surface area contributed by atoms with Gasteiger partial charge >= 0.3 is 0 Å². The molecule has 0 aliphatic carbocycles. The zero-order valence-corrected chi connectivity index (χ0v) is 12.9. The number of imidazole rings is 1. The van der Waals surface area contributed by atoms with Crippen LogP contribution in [0.3, 0.4) is 0 Å². The smallest absolute Gasteiger partial charge is 0.166 e. The number of aromatic nitrogens is 2. The minimum absolute atomic E-state index is 0.481. The zero-order valence-electron chi connectivity index (χ0n) is 12.9. The number of rotatable bonds is 8. The van der Waals surface area contributed by atoms with Crippen molar-refractivity contribution in [1.29, 1.82) is 0 Å². The van der Waals surface area contributed by atoms with Gasteiger partial charge in [0.1, 0.15) is 6.61 Å². The van der Waals surface area contributed by atoms with E-state index < -0.39 is 0 Å². The van der Waals surface area contributed by atoms with Crippen LogP contribution in [0.1, 0.15) is 25.1 Å². The highest BCUT2D eigenvalue weighted by Crippen LogP contribution is 2.32. The number of nitrogens with one attached hydrogen (secondary N) is 1. The molecule has 21 heavy (non-hydrogen) atoms. The summed E-state index contributed by atoms with van der Waals surface area (Å²) in [7, 11) is 1.92. The van der Waals surface area contributed by atoms with E-state index in [1.54, 1.807) is 0 Å². The van der Waals surface area contributed by atoms with Crippen molar-refractivity contribution < 1.29 is 9.47 Å². The van der Waals surface area contributed by atoms with Crippen LogP contribution in [0, 0.1) is 0 Å². The fourth-order valence-corrected chi connectivity index (χ4v) is 2.22. The molecule has 0 spiro atoms. The Morgan fingerprint density at radius 2 is 2.10 bits per heavy atom. The van der Waals surface area contributed by atoms with Crippen LogP contribution in [-0.4, -0.2) is 23.2 Å². The molecule has 1 N–H and O–H groups in total. The van der Waals surface area contributed by atoms with Crippen LogP contribution in [-0.2, 0) is 19.7 Å². The van der Waals surface area contributed by atoms with Crippen LogP contribution in [0.4, 0.5) is 0 Å². The average Bonchev–Trinajstić information content (AvgIpc) is 2.95. The van der Waals surface area contributed by atoms with Gasteiger partial charge < -0.3 is 19.4 Å². The first-order valence-electron chi connectivity index (χ1n) is 7.31. The number of benzene rings is 1. The summed E-state index contributed by atoms with van der Waals surface area (Å²) >= 11 is 0. The van der Waals surface area contributed by atoms with Crippen LogP contribution < -0.4 is 14.8 Å². The van der Waals surface area contributed by atoms with E-state index >= 15 is 0 Å². The summed E-state index contributed by atoms with van der Waals surface area (Å²) in [6.07, 6.45) is 3.66. The highest BCUT2D eigenvalue weighted by Gasteiger charge is 2.12. The Bertz CT molecular complexity index is 542.